The van der Waals surface area contributed by atoms with E-state index < -0.39 is 12.1 Å². The zero-order valence-corrected chi connectivity index (χ0v) is 17.4. The van der Waals surface area contributed by atoms with Crippen LogP contribution < -0.4 is 15.4 Å². The fraction of sp³-hybridized carbons (Fsp3) is 0.304. The van der Waals surface area contributed by atoms with Gasteiger partial charge in [0.05, 0.1) is 13.7 Å². The lowest BCUT2D eigenvalue weighted by atomic mass is 10.0. The van der Waals surface area contributed by atoms with Crippen LogP contribution in [0.1, 0.15) is 19.4 Å². The molecule has 0 spiro atoms. The third kappa shape index (κ3) is 5.53. The van der Waals surface area contributed by atoms with Crippen molar-refractivity contribution >= 4 is 28.6 Å². The molecule has 0 aliphatic carbocycles. The number of amides is 2. The second-order valence-corrected chi connectivity index (χ2v) is 7.47. The Morgan fingerprint density at radius 3 is 2.50 bits per heavy atom. The van der Waals surface area contributed by atoms with Gasteiger partial charge in [-0.25, -0.2) is 4.79 Å². The average molecular weight is 409 g/mol. The number of carbonyl (C=O) groups excluding carboxylic acids is 2. The second-order valence-electron chi connectivity index (χ2n) is 7.47. The number of aromatic amines is 1. The van der Waals surface area contributed by atoms with Crippen molar-refractivity contribution in [3.63, 3.8) is 0 Å². The minimum atomic E-state index is -0.800. The highest BCUT2D eigenvalue weighted by molar-refractivity contribution is 5.97. The van der Waals surface area contributed by atoms with Crippen LogP contribution in [0.15, 0.2) is 54.7 Å². The minimum absolute atomic E-state index is 0.205. The van der Waals surface area contributed by atoms with Gasteiger partial charge in [0.25, 0.3) is 0 Å². The largest absolute Gasteiger partial charge is 0.497 e. The molecule has 1 heterocycles. The Morgan fingerprint density at radius 2 is 1.80 bits per heavy atom. The molecule has 0 aliphatic rings. The topological polar surface area (TPSA) is 92.5 Å². The Labute approximate surface area is 175 Å². The highest BCUT2D eigenvalue weighted by Crippen LogP contribution is 2.20. The van der Waals surface area contributed by atoms with Crippen LogP contribution in [0, 0.1) is 5.92 Å². The quantitative estimate of drug-likeness (QED) is 0.522. The van der Waals surface area contributed by atoms with Gasteiger partial charge >= 0.3 is 6.09 Å². The van der Waals surface area contributed by atoms with Gasteiger partial charge in [0.1, 0.15) is 11.8 Å². The normalized spacial score (nSPS) is 11.9. The van der Waals surface area contributed by atoms with Gasteiger partial charge in [0.15, 0.2) is 0 Å². The van der Waals surface area contributed by atoms with Crippen LogP contribution in [0.3, 0.4) is 0 Å². The predicted molar refractivity (Wildman–Crippen MR) is 117 cm³/mol. The van der Waals surface area contributed by atoms with Crippen molar-refractivity contribution in [3.05, 3.63) is 60.3 Å². The molecule has 2 aromatic carbocycles. The molecule has 7 heteroatoms. The summed E-state index contributed by atoms with van der Waals surface area (Å²) in [6.45, 7) is 4.19. The highest BCUT2D eigenvalue weighted by Gasteiger charge is 2.23. The van der Waals surface area contributed by atoms with Crippen molar-refractivity contribution in [2.45, 2.75) is 26.3 Å². The van der Waals surface area contributed by atoms with Gasteiger partial charge in [-0.2, -0.15) is 0 Å². The third-order valence-corrected chi connectivity index (χ3v) is 4.61. The lowest BCUT2D eigenvalue weighted by Gasteiger charge is -2.19. The monoisotopic (exact) mass is 409 g/mol. The Kier molecular flexibility index (Phi) is 6.95. The molecule has 1 unspecified atom stereocenters. The third-order valence-electron chi connectivity index (χ3n) is 4.61. The van der Waals surface area contributed by atoms with Gasteiger partial charge < -0.3 is 25.1 Å². The maximum absolute atomic E-state index is 13.0. The molecule has 0 aliphatic heterocycles. The molecule has 2 amide bonds. The molecule has 0 fully saturated rings. The van der Waals surface area contributed by atoms with Crippen LogP contribution in [0.25, 0.3) is 10.9 Å². The van der Waals surface area contributed by atoms with Crippen LogP contribution in [0.5, 0.6) is 5.75 Å². The number of carbonyl (C=O) groups is 2. The summed E-state index contributed by atoms with van der Waals surface area (Å²) in [5, 5.41) is 6.57. The summed E-state index contributed by atoms with van der Waals surface area (Å²) in [5.41, 5.74) is 2.52. The average Bonchev–Trinajstić information content (AvgIpc) is 3.15. The summed E-state index contributed by atoms with van der Waals surface area (Å²) in [5.74, 6) is 0.571. The van der Waals surface area contributed by atoms with Crippen LogP contribution in [-0.4, -0.2) is 36.7 Å². The number of aromatic nitrogens is 1. The smallest absolute Gasteiger partial charge is 0.407 e. The molecule has 0 bridgehead atoms. The molecular formula is C23H27N3O4. The highest BCUT2D eigenvalue weighted by atomic mass is 16.5. The molecule has 3 N–H and O–H groups in total. The first-order chi connectivity index (χ1) is 14.5. The van der Waals surface area contributed by atoms with Gasteiger partial charge in [0.2, 0.25) is 5.91 Å². The van der Waals surface area contributed by atoms with E-state index in [0.29, 0.717) is 17.9 Å². The van der Waals surface area contributed by atoms with Crippen molar-refractivity contribution < 1.29 is 19.1 Å². The zero-order valence-electron chi connectivity index (χ0n) is 17.4. The summed E-state index contributed by atoms with van der Waals surface area (Å²) < 4.78 is 10.4. The van der Waals surface area contributed by atoms with Crippen molar-refractivity contribution in [2.24, 2.45) is 5.92 Å². The first-order valence-electron chi connectivity index (χ1n) is 9.89. The number of anilines is 1. The van der Waals surface area contributed by atoms with Gasteiger partial charge in [-0.3, -0.25) is 4.79 Å². The van der Waals surface area contributed by atoms with E-state index in [1.165, 1.54) is 0 Å². The second kappa shape index (κ2) is 9.82. The maximum atomic E-state index is 13.0. The number of alkyl carbamates (subject to hydrolysis) is 1. The van der Waals surface area contributed by atoms with Crippen molar-refractivity contribution in [2.75, 3.05) is 19.0 Å². The molecule has 0 saturated heterocycles. The molecule has 1 aromatic heterocycles. The lowest BCUT2D eigenvalue weighted by molar-refractivity contribution is -0.118. The maximum Gasteiger partial charge on any atom is 0.407 e. The molecular weight excluding hydrogens is 382 g/mol. The van der Waals surface area contributed by atoms with Crippen LogP contribution in [0.2, 0.25) is 0 Å². The number of H-pyrrole nitrogens is 1. The summed E-state index contributed by atoms with van der Waals surface area (Å²) in [4.78, 5) is 28.4. The number of para-hydroxylation sites is 1. The van der Waals surface area contributed by atoms with Gasteiger partial charge in [-0.15, -0.1) is 0 Å². The molecule has 158 valence electrons. The summed E-state index contributed by atoms with van der Waals surface area (Å²) >= 11 is 0. The molecule has 3 rings (SSSR count). The van der Waals surface area contributed by atoms with E-state index in [2.05, 4.69) is 15.6 Å². The number of ether oxygens (including phenoxy) is 2. The SMILES string of the molecule is COc1ccc(NC(=O)C(Cc2c[nH]c3ccccc23)NC(=O)OCC(C)C)cc1. The van der Waals surface area contributed by atoms with Gasteiger partial charge in [-0.1, -0.05) is 32.0 Å². The van der Waals surface area contributed by atoms with E-state index in [9.17, 15) is 9.59 Å². The standard InChI is InChI=1S/C23H27N3O4/c1-15(2)14-30-23(28)26-21(12-16-13-24-20-7-5-4-6-19(16)20)22(27)25-17-8-10-18(29-3)11-9-17/h4-11,13,15,21,24H,12,14H2,1-3H3,(H,25,27)(H,26,28). The number of methoxy groups -OCH3 is 1. The van der Waals surface area contributed by atoms with Crippen molar-refractivity contribution in [3.8, 4) is 5.75 Å². The van der Waals surface area contributed by atoms with Crippen LogP contribution in [-0.2, 0) is 16.0 Å². The van der Waals surface area contributed by atoms with E-state index in [-0.39, 0.29) is 18.4 Å². The molecule has 30 heavy (non-hydrogen) atoms. The Balaban J connectivity index is 1.76. The Bertz CT molecular complexity index is 995. The number of benzene rings is 2. The molecule has 1 atom stereocenters. The predicted octanol–water partition coefficient (Wildman–Crippen LogP) is 4.11. The number of rotatable bonds is 8. The Morgan fingerprint density at radius 1 is 1.07 bits per heavy atom. The van der Waals surface area contributed by atoms with E-state index in [4.69, 9.17) is 9.47 Å². The fourth-order valence-corrected chi connectivity index (χ4v) is 3.06. The Hall–Kier alpha value is -3.48. The summed E-state index contributed by atoms with van der Waals surface area (Å²) in [6.07, 6.45) is 1.57. The summed E-state index contributed by atoms with van der Waals surface area (Å²) in [6, 6.07) is 14.0. The fourth-order valence-electron chi connectivity index (χ4n) is 3.06. The van der Waals surface area contributed by atoms with Crippen molar-refractivity contribution in [1.82, 2.24) is 10.3 Å². The first kappa shape index (κ1) is 21.2. The zero-order chi connectivity index (χ0) is 21.5. The molecule has 0 saturated carbocycles. The lowest BCUT2D eigenvalue weighted by Crippen LogP contribution is -2.45. The van der Waals surface area contributed by atoms with E-state index in [1.807, 2.05) is 44.3 Å². The number of hydrogen-bond donors (Lipinski definition) is 3. The first-order valence-corrected chi connectivity index (χ1v) is 9.89. The molecule has 7 nitrogen and oxygen atoms in total. The van der Waals surface area contributed by atoms with E-state index in [1.54, 1.807) is 31.4 Å². The van der Waals surface area contributed by atoms with Gasteiger partial charge in [0, 0.05) is 29.2 Å². The molecule has 0 radical (unpaired) electrons. The summed E-state index contributed by atoms with van der Waals surface area (Å²) in [7, 11) is 1.58. The number of hydrogen-bond acceptors (Lipinski definition) is 4. The number of nitrogens with one attached hydrogen (secondary N) is 3. The van der Waals surface area contributed by atoms with Crippen molar-refractivity contribution in [1.29, 1.82) is 0 Å². The van der Waals surface area contributed by atoms with Crippen LogP contribution >= 0.6 is 0 Å². The van der Waals surface area contributed by atoms with E-state index >= 15 is 0 Å². The molecule has 3 aromatic rings. The van der Waals surface area contributed by atoms with Gasteiger partial charge in [-0.05, 0) is 41.8 Å². The van der Waals surface area contributed by atoms with Crippen LogP contribution in [0.4, 0.5) is 10.5 Å². The minimum Gasteiger partial charge on any atom is -0.497 e. The number of fused-ring (bicyclic) bond motifs is 1. The van der Waals surface area contributed by atoms with E-state index in [0.717, 1.165) is 16.5 Å².